The molecule has 0 aromatic heterocycles. The lowest BCUT2D eigenvalue weighted by atomic mass is 9.56. The number of unbranched alkanes of at least 4 members (excludes halogenated alkanes) is 2. The number of amides is 1. The van der Waals surface area contributed by atoms with Crippen LogP contribution >= 0.6 is 0 Å². The Balaban J connectivity index is 1.45. The zero-order valence-corrected chi connectivity index (χ0v) is 23.6. The van der Waals surface area contributed by atoms with Crippen LogP contribution in [0.2, 0.25) is 0 Å². The van der Waals surface area contributed by atoms with Crippen LogP contribution in [0.25, 0.3) is 0 Å². The fourth-order valence-corrected chi connectivity index (χ4v) is 6.87. The molecule has 5 heteroatoms. The van der Waals surface area contributed by atoms with E-state index in [9.17, 15) is 4.79 Å². The summed E-state index contributed by atoms with van der Waals surface area (Å²) >= 11 is 0. The van der Waals surface area contributed by atoms with Gasteiger partial charge in [-0.2, -0.15) is 0 Å². The van der Waals surface area contributed by atoms with Crippen LogP contribution in [0, 0.1) is 5.92 Å². The third-order valence-corrected chi connectivity index (χ3v) is 9.07. The normalized spacial score (nSPS) is 25.4. The van der Waals surface area contributed by atoms with Gasteiger partial charge < -0.3 is 14.4 Å². The Morgan fingerprint density at radius 1 is 1.13 bits per heavy atom. The number of ether oxygens (including phenoxy) is 2. The number of aryl methyl sites for hydroxylation is 1. The molecule has 1 saturated heterocycles. The minimum atomic E-state index is -0.0555. The number of rotatable bonds is 12. The molecule has 1 heterocycles. The minimum Gasteiger partial charge on any atom is -0.497 e. The molecule has 5 nitrogen and oxygen atoms in total. The molecular formula is C33H46N2O3. The molecule has 0 radical (unpaired) electrons. The van der Waals surface area contributed by atoms with E-state index in [2.05, 4.69) is 60.0 Å². The van der Waals surface area contributed by atoms with Crippen molar-refractivity contribution in [3.63, 3.8) is 0 Å². The first-order valence-corrected chi connectivity index (χ1v) is 14.3. The Hall–Kier alpha value is -2.63. The van der Waals surface area contributed by atoms with Crippen LogP contribution < -0.4 is 4.74 Å². The van der Waals surface area contributed by atoms with Crippen LogP contribution in [-0.4, -0.2) is 68.8 Å². The number of carbonyl (C=O) groups is 1. The molecular weight excluding hydrogens is 472 g/mol. The number of piperidine rings is 1. The number of methoxy groups -OCH3 is 2. The van der Waals surface area contributed by atoms with Gasteiger partial charge in [0.05, 0.1) is 13.2 Å². The van der Waals surface area contributed by atoms with E-state index in [1.165, 1.54) is 11.1 Å². The van der Waals surface area contributed by atoms with E-state index in [0.717, 1.165) is 70.3 Å². The summed E-state index contributed by atoms with van der Waals surface area (Å²) in [6.45, 7) is 6.86. The molecule has 1 aliphatic carbocycles. The molecule has 206 valence electrons. The summed E-state index contributed by atoms with van der Waals surface area (Å²) in [4.78, 5) is 17.9. The van der Waals surface area contributed by atoms with Crippen molar-refractivity contribution in [2.45, 2.75) is 68.9 Å². The number of nitrogens with zero attached hydrogens (tertiary/aromatic N) is 2. The summed E-state index contributed by atoms with van der Waals surface area (Å²) in [7, 11) is 5.58. The van der Waals surface area contributed by atoms with E-state index in [-0.39, 0.29) is 23.5 Å². The summed E-state index contributed by atoms with van der Waals surface area (Å²) in [5.74, 6) is 1.50. The predicted octanol–water partition coefficient (Wildman–Crippen LogP) is 5.88. The first kappa shape index (κ1) is 28.4. The van der Waals surface area contributed by atoms with Gasteiger partial charge in [-0.3, -0.25) is 9.69 Å². The molecule has 2 aromatic carbocycles. The molecule has 38 heavy (non-hydrogen) atoms. The largest absolute Gasteiger partial charge is 0.497 e. The third-order valence-electron chi connectivity index (χ3n) is 9.07. The van der Waals surface area contributed by atoms with Gasteiger partial charge in [0.2, 0.25) is 5.91 Å². The molecule has 0 bridgehead atoms. The highest BCUT2D eigenvalue weighted by molar-refractivity contribution is 5.76. The maximum atomic E-state index is 13.4. The van der Waals surface area contributed by atoms with Gasteiger partial charge in [0.1, 0.15) is 5.75 Å². The van der Waals surface area contributed by atoms with Gasteiger partial charge >= 0.3 is 0 Å². The Morgan fingerprint density at radius 3 is 2.68 bits per heavy atom. The molecule has 1 aliphatic heterocycles. The fourth-order valence-electron chi connectivity index (χ4n) is 6.87. The van der Waals surface area contributed by atoms with Crippen LogP contribution in [-0.2, 0) is 21.4 Å². The summed E-state index contributed by atoms with van der Waals surface area (Å²) in [5, 5.41) is 0. The first-order chi connectivity index (χ1) is 18.5. The molecule has 2 fully saturated rings. The maximum Gasteiger partial charge on any atom is 0.222 e. The highest BCUT2D eigenvalue weighted by atomic mass is 16.5. The Morgan fingerprint density at radius 2 is 1.95 bits per heavy atom. The van der Waals surface area contributed by atoms with Crippen molar-refractivity contribution in [3.8, 4) is 5.75 Å². The maximum absolute atomic E-state index is 13.4. The average Bonchev–Trinajstić information content (AvgIpc) is 2.96. The smallest absolute Gasteiger partial charge is 0.222 e. The number of hydrogen-bond acceptors (Lipinski definition) is 4. The summed E-state index contributed by atoms with van der Waals surface area (Å²) < 4.78 is 11.8. The Labute approximate surface area is 229 Å². The first-order valence-electron chi connectivity index (χ1n) is 14.3. The van der Waals surface area contributed by atoms with Crippen molar-refractivity contribution < 1.29 is 14.3 Å². The molecule has 4 rings (SSSR count). The molecule has 1 unspecified atom stereocenters. The number of carbonyl (C=O) groups excluding carboxylic acids is 1. The topological polar surface area (TPSA) is 42.0 Å². The molecule has 0 N–H and O–H groups in total. The van der Waals surface area contributed by atoms with Gasteiger partial charge in [-0.15, -0.1) is 6.58 Å². The second-order valence-electron chi connectivity index (χ2n) is 11.2. The standard InChI is InChI=1S/C33H46N2O3/c1-5-20-35-21-19-33(27-16-12-17-29(22-27)37-3)24-28(23-31(38-4)30(33)25-35)34(2)32(36)18-11-7-10-15-26-13-8-6-9-14-26/h5-6,8-9,12-14,16-17,22,28,30-31H,1,7,10-11,15,18-21,23-25H2,2-4H3/t28-,30+,31?,33+/m1/s1. The zero-order valence-electron chi connectivity index (χ0n) is 23.6. The quantitative estimate of drug-likeness (QED) is 0.260. The van der Waals surface area contributed by atoms with Crippen molar-refractivity contribution in [1.82, 2.24) is 9.80 Å². The SMILES string of the molecule is C=CCN1CC[C@@]2(c3cccc(OC)c3)C[C@H](N(C)C(=O)CCCCCc3ccccc3)CC(OC)[C@@H]2C1. The fraction of sp³-hybridized carbons (Fsp3) is 0.545. The van der Waals surface area contributed by atoms with Crippen LogP contribution in [0.3, 0.4) is 0 Å². The van der Waals surface area contributed by atoms with Crippen LogP contribution in [0.1, 0.15) is 56.1 Å². The Bertz CT molecular complexity index is 1040. The summed E-state index contributed by atoms with van der Waals surface area (Å²) in [5.41, 5.74) is 2.63. The number of fused-ring (bicyclic) bond motifs is 1. The van der Waals surface area contributed by atoms with Gasteiger partial charge in [0.15, 0.2) is 0 Å². The van der Waals surface area contributed by atoms with Gasteiger partial charge in [-0.1, -0.05) is 55.0 Å². The molecule has 2 aromatic rings. The lowest BCUT2D eigenvalue weighted by Gasteiger charge is -2.56. The van der Waals surface area contributed by atoms with Crippen LogP contribution in [0.15, 0.2) is 67.3 Å². The average molecular weight is 519 g/mol. The number of hydrogen-bond donors (Lipinski definition) is 0. The van der Waals surface area contributed by atoms with E-state index in [1.807, 2.05) is 31.2 Å². The number of likely N-dealkylation sites (tertiary alicyclic amines) is 1. The lowest BCUT2D eigenvalue weighted by molar-refractivity contribution is -0.137. The van der Waals surface area contributed by atoms with Gasteiger partial charge in [-0.05, 0) is 68.3 Å². The van der Waals surface area contributed by atoms with Crippen molar-refractivity contribution in [1.29, 1.82) is 0 Å². The monoisotopic (exact) mass is 518 g/mol. The third kappa shape index (κ3) is 6.50. The van der Waals surface area contributed by atoms with E-state index in [0.29, 0.717) is 12.3 Å². The molecule has 0 spiro atoms. The summed E-state index contributed by atoms with van der Waals surface area (Å²) in [6.07, 6.45) is 9.80. The minimum absolute atomic E-state index is 0.0555. The molecule has 1 saturated carbocycles. The van der Waals surface area contributed by atoms with Crippen LogP contribution in [0.4, 0.5) is 0 Å². The van der Waals surface area contributed by atoms with Gasteiger partial charge in [-0.25, -0.2) is 0 Å². The van der Waals surface area contributed by atoms with Crippen molar-refractivity contribution >= 4 is 5.91 Å². The van der Waals surface area contributed by atoms with Crippen LogP contribution in [0.5, 0.6) is 5.75 Å². The molecule has 1 amide bonds. The zero-order chi connectivity index (χ0) is 27.0. The van der Waals surface area contributed by atoms with Crippen molar-refractivity contribution in [3.05, 3.63) is 78.4 Å². The molecule has 4 atom stereocenters. The van der Waals surface area contributed by atoms with E-state index in [1.54, 1.807) is 7.11 Å². The predicted molar refractivity (Wildman–Crippen MR) is 155 cm³/mol. The summed E-state index contributed by atoms with van der Waals surface area (Å²) in [6, 6.07) is 19.4. The lowest BCUT2D eigenvalue weighted by Crippen LogP contribution is -2.61. The van der Waals surface area contributed by atoms with Gasteiger partial charge in [0, 0.05) is 51.0 Å². The van der Waals surface area contributed by atoms with Crippen molar-refractivity contribution in [2.24, 2.45) is 5.92 Å². The van der Waals surface area contributed by atoms with Gasteiger partial charge in [0.25, 0.3) is 0 Å². The van der Waals surface area contributed by atoms with Crippen molar-refractivity contribution in [2.75, 3.05) is 40.9 Å². The second-order valence-corrected chi connectivity index (χ2v) is 11.2. The number of benzene rings is 2. The highest BCUT2D eigenvalue weighted by Crippen LogP contribution is 2.51. The highest BCUT2D eigenvalue weighted by Gasteiger charge is 2.53. The van der Waals surface area contributed by atoms with E-state index < -0.39 is 0 Å². The Kier molecular flexibility index (Phi) is 10.0. The van der Waals surface area contributed by atoms with E-state index in [4.69, 9.17) is 9.47 Å². The second kappa shape index (κ2) is 13.4. The van der Waals surface area contributed by atoms with E-state index >= 15 is 0 Å². The molecule has 2 aliphatic rings.